The number of amides is 1. The molecule has 0 fully saturated rings. The molecule has 4 N–H and O–H groups in total. The van der Waals surface area contributed by atoms with Crippen molar-refractivity contribution in [2.45, 2.75) is 45.8 Å². The normalized spacial score (nSPS) is 14.8. The second-order valence-electron chi connectivity index (χ2n) is 5.61. The predicted octanol–water partition coefficient (Wildman–Crippen LogP) is 2.66. The molecule has 1 aromatic carbocycles. The number of aliphatic hydroxyl groups is 1. The van der Waals surface area contributed by atoms with Crippen molar-refractivity contribution in [3.8, 4) is 0 Å². The van der Waals surface area contributed by atoms with Crippen molar-refractivity contribution in [2.24, 2.45) is 17.6 Å². The Morgan fingerprint density at radius 2 is 1.77 bits per heavy atom. The number of rotatable bonds is 8. The van der Waals surface area contributed by atoms with Crippen LogP contribution in [0, 0.1) is 11.8 Å². The van der Waals surface area contributed by atoms with E-state index in [0.29, 0.717) is 0 Å². The Kier molecular flexibility index (Phi) is 10.1. The van der Waals surface area contributed by atoms with Crippen LogP contribution in [0.3, 0.4) is 0 Å². The van der Waals surface area contributed by atoms with Crippen LogP contribution in [0.25, 0.3) is 0 Å². The Morgan fingerprint density at radius 3 is 2.27 bits per heavy atom. The maximum atomic E-state index is 12.2. The summed E-state index contributed by atoms with van der Waals surface area (Å²) >= 11 is 0. The third kappa shape index (κ3) is 5.95. The topological polar surface area (TPSA) is 75.3 Å². The van der Waals surface area contributed by atoms with Gasteiger partial charge >= 0.3 is 0 Å². The number of aliphatic hydroxyl groups excluding tert-OH is 1. The highest BCUT2D eigenvalue weighted by Crippen LogP contribution is 2.19. The van der Waals surface area contributed by atoms with E-state index in [1.54, 1.807) is 0 Å². The summed E-state index contributed by atoms with van der Waals surface area (Å²) in [5.74, 6) is -0.221. The van der Waals surface area contributed by atoms with Crippen LogP contribution in [0.1, 0.15) is 45.2 Å². The number of carbonyl (C=O) groups is 1. The van der Waals surface area contributed by atoms with Crippen LogP contribution in [-0.4, -0.2) is 23.7 Å². The molecular weight excluding hydrogens is 300 g/mol. The molecule has 0 bridgehead atoms. The third-order valence-electron chi connectivity index (χ3n) is 4.22. The van der Waals surface area contributed by atoms with Gasteiger partial charge in [0, 0.05) is 12.6 Å². The van der Waals surface area contributed by atoms with Crippen molar-refractivity contribution in [3.05, 3.63) is 35.9 Å². The molecule has 5 heteroatoms. The van der Waals surface area contributed by atoms with E-state index in [2.05, 4.69) is 5.32 Å². The molecule has 0 aromatic heterocycles. The summed E-state index contributed by atoms with van der Waals surface area (Å²) in [6.45, 7) is 6.20. The molecule has 1 amide bonds. The average Bonchev–Trinajstić information content (AvgIpc) is 2.53. The summed E-state index contributed by atoms with van der Waals surface area (Å²) in [7, 11) is 0. The first-order valence-corrected chi connectivity index (χ1v) is 7.77. The van der Waals surface area contributed by atoms with Gasteiger partial charge in [0.2, 0.25) is 5.91 Å². The highest BCUT2D eigenvalue weighted by Gasteiger charge is 2.23. The standard InChI is InChI=1S/C17H28N2O2.ClH/c1-4-13(5-2)15(20)11-19-17(21)12(3)16(18)14-9-7-6-8-10-14;/h6-10,12-13,15-16,20H,4-5,11,18H2,1-3H3,(H,19,21);1H. The summed E-state index contributed by atoms with van der Waals surface area (Å²) in [4.78, 5) is 12.2. The van der Waals surface area contributed by atoms with Gasteiger partial charge in [-0.15, -0.1) is 12.4 Å². The SMILES string of the molecule is CCC(CC)C(O)CNC(=O)C(C)C(N)c1ccccc1.Cl. The van der Waals surface area contributed by atoms with Crippen LogP contribution in [0.5, 0.6) is 0 Å². The van der Waals surface area contributed by atoms with Crippen LogP contribution >= 0.6 is 12.4 Å². The number of nitrogens with two attached hydrogens (primary N) is 1. The summed E-state index contributed by atoms with van der Waals surface area (Å²) in [6.07, 6.45) is 1.32. The molecule has 3 atom stereocenters. The monoisotopic (exact) mass is 328 g/mol. The van der Waals surface area contributed by atoms with Crippen molar-refractivity contribution in [3.63, 3.8) is 0 Å². The summed E-state index contributed by atoms with van der Waals surface area (Å²) in [5.41, 5.74) is 7.08. The van der Waals surface area contributed by atoms with Gasteiger partial charge in [0.15, 0.2) is 0 Å². The first-order chi connectivity index (χ1) is 10.0. The van der Waals surface area contributed by atoms with Gasteiger partial charge in [0.05, 0.1) is 12.0 Å². The van der Waals surface area contributed by atoms with Crippen LogP contribution in [0.15, 0.2) is 30.3 Å². The zero-order valence-corrected chi connectivity index (χ0v) is 14.5. The summed E-state index contributed by atoms with van der Waals surface area (Å²) in [6, 6.07) is 9.26. The van der Waals surface area contributed by atoms with E-state index in [0.717, 1.165) is 18.4 Å². The number of hydrogen-bond acceptors (Lipinski definition) is 3. The molecule has 1 rings (SSSR count). The molecule has 1 aromatic rings. The molecule has 0 heterocycles. The lowest BCUT2D eigenvalue weighted by Gasteiger charge is -2.23. The van der Waals surface area contributed by atoms with Crippen LogP contribution in [0.4, 0.5) is 0 Å². The van der Waals surface area contributed by atoms with Gasteiger partial charge in [0.1, 0.15) is 0 Å². The van der Waals surface area contributed by atoms with Gasteiger partial charge in [-0.25, -0.2) is 0 Å². The largest absolute Gasteiger partial charge is 0.391 e. The van der Waals surface area contributed by atoms with E-state index < -0.39 is 6.10 Å². The Bertz CT molecular complexity index is 424. The van der Waals surface area contributed by atoms with Gasteiger partial charge < -0.3 is 16.2 Å². The molecule has 0 aliphatic rings. The highest BCUT2D eigenvalue weighted by molar-refractivity contribution is 5.85. The van der Waals surface area contributed by atoms with Gasteiger partial charge in [-0.05, 0) is 11.5 Å². The minimum absolute atomic E-state index is 0. The highest BCUT2D eigenvalue weighted by atomic mass is 35.5. The van der Waals surface area contributed by atoms with Crippen molar-refractivity contribution >= 4 is 18.3 Å². The number of halogens is 1. The minimum Gasteiger partial charge on any atom is -0.391 e. The number of carbonyl (C=O) groups excluding carboxylic acids is 1. The number of benzene rings is 1. The van der Waals surface area contributed by atoms with E-state index in [4.69, 9.17) is 5.73 Å². The lowest BCUT2D eigenvalue weighted by Crippen LogP contribution is -2.41. The lowest BCUT2D eigenvalue weighted by atomic mass is 9.94. The molecule has 0 aliphatic heterocycles. The van der Waals surface area contributed by atoms with E-state index in [-0.39, 0.29) is 42.7 Å². The summed E-state index contributed by atoms with van der Waals surface area (Å²) in [5, 5.41) is 12.9. The van der Waals surface area contributed by atoms with Crippen molar-refractivity contribution < 1.29 is 9.90 Å². The molecular formula is C17H29ClN2O2. The van der Waals surface area contributed by atoms with Crippen molar-refractivity contribution in [1.82, 2.24) is 5.32 Å². The van der Waals surface area contributed by atoms with Crippen molar-refractivity contribution in [2.75, 3.05) is 6.54 Å². The van der Waals surface area contributed by atoms with E-state index in [9.17, 15) is 9.90 Å². The second kappa shape index (κ2) is 10.6. The molecule has 3 unspecified atom stereocenters. The Hall–Kier alpha value is -1.10. The zero-order chi connectivity index (χ0) is 15.8. The van der Waals surface area contributed by atoms with E-state index in [1.165, 1.54) is 0 Å². The zero-order valence-electron chi connectivity index (χ0n) is 13.7. The number of hydrogen-bond donors (Lipinski definition) is 3. The van der Waals surface area contributed by atoms with Gasteiger partial charge in [0.25, 0.3) is 0 Å². The molecule has 0 spiro atoms. The molecule has 0 aliphatic carbocycles. The van der Waals surface area contributed by atoms with E-state index in [1.807, 2.05) is 51.1 Å². The third-order valence-corrected chi connectivity index (χ3v) is 4.22. The molecule has 126 valence electrons. The molecule has 0 saturated carbocycles. The molecule has 22 heavy (non-hydrogen) atoms. The first kappa shape index (κ1) is 20.9. The average molecular weight is 329 g/mol. The minimum atomic E-state index is -0.496. The number of nitrogens with one attached hydrogen (secondary N) is 1. The van der Waals surface area contributed by atoms with Crippen LogP contribution in [-0.2, 0) is 4.79 Å². The fourth-order valence-electron chi connectivity index (χ4n) is 2.49. The van der Waals surface area contributed by atoms with Gasteiger partial charge in [-0.3, -0.25) is 4.79 Å². The van der Waals surface area contributed by atoms with Crippen LogP contribution < -0.4 is 11.1 Å². The van der Waals surface area contributed by atoms with Crippen molar-refractivity contribution in [1.29, 1.82) is 0 Å². The molecule has 0 saturated heterocycles. The predicted molar refractivity (Wildman–Crippen MR) is 92.9 cm³/mol. The molecule has 4 nitrogen and oxygen atoms in total. The van der Waals surface area contributed by atoms with Crippen LogP contribution in [0.2, 0.25) is 0 Å². The van der Waals surface area contributed by atoms with E-state index >= 15 is 0 Å². The maximum absolute atomic E-state index is 12.2. The quantitative estimate of drug-likeness (QED) is 0.686. The van der Waals surface area contributed by atoms with Gasteiger partial charge in [-0.1, -0.05) is 63.9 Å². The Morgan fingerprint density at radius 1 is 1.23 bits per heavy atom. The fourth-order valence-corrected chi connectivity index (χ4v) is 2.49. The Labute approximate surface area is 139 Å². The summed E-state index contributed by atoms with van der Waals surface area (Å²) < 4.78 is 0. The first-order valence-electron chi connectivity index (χ1n) is 7.77. The maximum Gasteiger partial charge on any atom is 0.224 e. The molecule has 0 radical (unpaired) electrons. The fraction of sp³-hybridized carbons (Fsp3) is 0.588. The Balaban J connectivity index is 0.00000441. The lowest BCUT2D eigenvalue weighted by molar-refractivity contribution is -0.125. The van der Waals surface area contributed by atoms with Gasteiger partial charge in [-0.2, -0.15) is 0 Å². The second-order valence-corrected chi connectivity index (χ2v) is 5.61. The smallest absolute Gasteiger partial charge is 0.224 e.